The van der Waals surface area contributed by atoms with Crippen molar-refractivity contribution in [2.75, 3.05) is 18.5 Å². The van der Waals surface area contributed by atoms with Gasteiger partial charge in [0.2, 0.25) is 0 Å². The number of esters is 1. The summed E-state index contributed by atoms with van der Waals surface area (Å²) < 4.78 is 10.8. The van der Waals surface area contributed by atoms with Crippen LogP contribution in [-0.4, -0.2) is 25.2 Å². The Labute approximate surface area is 146 Å². The monoisotopic (exact) mass is 340 g/mol. The van der Waals surface area contributed by atoms with Crippen molar-refractivity contribution in [1.29, 1.82) is 0 Å². The van der Waals surface area contributed by atoms with Crippen LogP contribution in [0.5, 0.6) is 11.5 Å². The van der Waals surface area contributed by atoms with Gasteiger partial charge in [0, 0.05) is 24.7 Å². The van der Waals surface area contributed by atoms with Gasteiger partial charge in [0.05, 0.1) is 12.2 Å². The topological polar surface area (TPSA) is 76.7 Å². The van der Waals surface area contributed by atoms with Crippen molar-refractivity contribution in [3.05, 3.63) is 53.6 Å². The van der Waals surface area contributed by atoms with E-state index in [-0.39, 0.29) is 6.03 Å². The fourth-order valence-corrected chi connectivity index (χ4v) is 2.53. The molecule has 1 aliphatic heterocycles. The van der Waals surface area contributed by atoms with Crippen LogP contribution in [0.2, 0.25) is 0 Å². The summed E-state index contributed by atoms with van der Waals surface area (Å²) >= 11 is 0. The van der Waals surface area contributed by atoms with Gasteiger partial charge in [-0.3, -0.25) is 0 Å². The van der Waals surface area contributed by atoms with Gasteiger partial charge in [0.1, 0.15) is 11.5 Å². The summed E-state index contributed by atoms with van der Waals surface area (Å²) in [5.74, 6) is 0.748. The Balaban J connectivity index is 1.65. The number of benzene rings is 2. The fraction of sp³-hybridized carbons (Fsp3) is 0.263. The molecule has 2 aromatic rings. The van der Waals surface area contributed by atoms with Gasteiger partial charge in [0.25, 0.3) is 0 Å². The van der Waals surface area contributed by atoms with Crippen LogP contribution in [-0.2, 0) is 6.42 Å². The molecule has 2 aromatic carbocycles. The number of carbonyl (C=O) groups excluding carboxylic acids is 2. The molecule has 0 fully saturated rings. The summed E-state index contributed by atoms with van der Waals surface area (Å²) in [6.07, 6.45) is 1.65. The zero-order valence-corrected chi connectivity index (χ0v) is 14.0. The number of fused-ring (bicyclic) bond motifs is 1. The van der Waals surface area contributed by atoms with Crippen LogP contribution in [0.15, 0.2) is 42.5 Å². The highest BCUT2D eigenvalue weighted by Crippen LogP contribution is 2.26. The third-order valence-corrected chi connectivity index (χ3v) is 3.76. The summed E-state index contributed by atoms with van der Waals surface area (Å²) in [6, 6.07) is 11.7. The minimum Gasteiger partial charge on any atom is -0.493 e. The van der Waals surface area contributed by atoms with E-state index in [9.17, 15) is 9.59 Å². The van der Waals surface area contributed by atoms with Crippen molar-refractivity contribution in [2.45, 2.75) is 19.8 Å². The lowest BCUT2D eigenvalue weighted by Crippen LogP contribution is -2.29. The molecule has 0 radical (unpaired) electrons. The van der Waals surface area contributed by atoms with Crippen molar-refractivity contribution >= 4 is 17.7 Å². The highest BCUT2D eigenvalue weighted by Gasteiger charge is 2.16. The van der Waals surface area contributed by atoms with E-state index in [2.05, 4.69) is 10.6 Å². The average molecular weight is 340 g/mol. The number of carbonyl (C=O) groups is 2. The first-order valence-electron chi connectivity index (χ1n) is 8.28. The van der Waals surface area contributed by atoms with Gasteiger partial charge in [-0.25, -0.2) is 9.59 Å². The summed E-state index contributed by atoms with van der Waals surface area (Å²) in [5, 5.41) is 5.43. The van der Waals surface area contributed by atoms with Gasteiger partial charge < -0.3 is 20.1 Å². The fourth-order valence-electron chi connectivity index (χ4n) is 2.53. The molecule has 0 bridgehead atoms. The Kier molecular flexibility index (Phi) is 5.18. The molecule has 3 rings (SSSR count). The predicted octanol–water partition coefficient (Wildman–Crippen LogP) is 3.37. The van der Waals surface area contributed by atoms with E-state index in [0.717, 1.165) is 24.2 Å². The number of urea groups is 1. The van der Waals surface area contributed by atoms with Crippen molar-refractivity contribution in [3.63, 3.8) is 0 Å². The van der Waals surface area contributed by atoms with E-state index in [1.807, 2.05) is 6.92 Å². The Morgan fingerprint density at radius 2 is 2.08 bits per heavy atom. The van der Waals surface area contributed by atoms with Gasteiger partial charge in [-0.2, -0.15) is 0 Å². The molecule has 2 N–H and O–H groups in total. The van der Waals surface area contributed by atoms with E-state index in [1.165, 1.54) is 0 Å². The second-order valence-electron chi connectivity index (χ2n) is 5.72. The van der Waals surface area contributed by atoms with Gasteiger partial charge >= 0.3 is 12.0 Å². The van der Waals surface area contributed by atoms with Crippen molar-refractivity contribution < 1.29 is 19.1 Å². The smallest absolute Gasteiger partial charge is 0.343 e. The van der Waals surface area contributed by atoms with Crippen molar-refractivity contribution in [2.24, 2.45) is 0 Å². The first-order valence-corrected chi connectivity index (χ1v) is 8.28. The van der Waals surface area contributed by atoms with Gasteiger partial charge in [0.15, 0.2) is 0 Å². The van der Waals surface area contributed by atoms with Gasteiger partial charge in [-0.05, 0) is 42.3 Å². The molecule has 6 heteroatoms. The molecule has 0 spiro atoms. The predicted molar refractivity (Wildman–Crippen MR) is 94.4 cm³/mol. The van der Waals surface area contributed by atoms with E-state index in [0.29, 0.717) is 30.2 Å². The zero-order chi connectivity index (χ0) is 17.6. The molecule has 0 saturated heterocycles. The van der Waals surface area contributed by atoms with Crippen LogP contribution in [0, 0.1) is 0 Å². The van der Waals surface area contributed by atoms with E-state index in [1.54, 1.807) is 42.5 Å². The van der Waals surface area contributed by atoms with Crippen LogP contribution in [0.4, 0.5) is 10.5 Å². The maximum Gasteiger partial charge on any atom is 0.343 e. The molecule has 0 aliphatic carbocycles. The summed E-state index contributed by atoms with van der Waals surface area (Å²) in [7, 11) is 0. The maximum absolute atomic E-state index is 12.3. The quantitative estimate of drug-likeness (QED) is 0.646. The summed E-state index contributed by atoms with van der Waals surface area (Å²) in [4.78, 5) is 24.0. The minimum absolute atomic E-state index is 0.288. The molecule has 0 atom stereocenters. The van der Waals surface area contributed by atoms with Crippen molar-refractivity contribution in [1.82, 2.24) is 5.32 Å². The van der Waals surface area contributed by atoms with E-state index in [4.69, 9.17) is 9.47 Å². The summed E-state index contributed by atoms with van der Waals surface area (Å²) in [5.41, 5.74) is 2.04. The van der Waals surface area contributed by atoms with Crippen molar-refractivity contribution in [3.8, 4) is 11.5 Å². The standard InChI is InChI=1S/C19H20N2O4/c1-2-9-20-19(23)21-15-4-3-5-16(12-15)25-18(22)14-6-7-17-13(11-14)8-10-24-17/h3-7,11-12H,2,8-10H2,1H3,(H2,20,21,23). The van der Waals surface area contributed by atoms with Crippen LogP contribution >= 0.6 is 0 Å². The molecule has 1 aliphatic rings. The van der Waals surface area contributed by atoms with Crippen LogP contribution < -0.4 is 20.1 Å². The third kappa shape index (κ3) is 4.29. The molecule has 2 amide bonds. The van der Waals surface area contributed by atoms with Crippen LogP contribution in [0.3, 0.4) is 0 Å². The average Bonchev–Trinajstić information content (AvgIpc) is 3.08. The second kappa shape index (κ2) is 7.70. The number of nitrogens with one attached hydrogen (secondary N) is 2. The largest absolute Gasteiger partial charge is 0.493 e. The normalized spacial score (nSPS) is 12.0. The number of hydrogen-bond donors (Lipinski definition) is 2. The number of ether oxygens (including phenoxy) is 2. The SMILES string of the molecule is CCCNC(=O)Nc1cccc(OC(=O)c2ccc3c(c2)CCO3)c1. The Morgan fingerprint density at radius 1 is 1.20 bits per heavy atom. The lowest BCUT2D eigenvalue weighted by Gasteiger charge is -2.09. The molecule has 1 heterocycles. The second-order valence-corrected chi connectivity index (χ2v) is 5.72. The van der Waals surface area contributed by atoms with Gasteiger partial charge in [-0.15, -0.1) is 0 Å². The molecular weight excluding hydrogens is 320 g/mol. The highest BCUT2D eigenvalue weighted by atomic mass is 16.5. The van der Waals surface area contributed by atoms with Gasteiger partial charge in [-0.1, -0.05) is 13.0 Å². The Bertz CT molecular complexity index is 789. The third-order valence-electron chi connectivity index (χ3n) is 3.76. The van der Waals surface area contributed by atoms with Crippen LogP contribution in [0.25, 0.3) is 0 Å². The molecule has 0 aromatic heterocycles. The maximum atomic E-state index is 12.3. The number of rotatable bonds is 5. The summed E-state index contributed by atoms with van der Waals surface area (Å²) in [6.45, 7) is 3.22. The first-order chi connectivity index (χ1) is 12.2. The molecule has 0 saturated carbocycles. The van der Waals surface area contributed by atoms with E-state index < -0.39 is 5.97 Å². The number of anilines is 1. The number of hydrogen-bond acceptors (Lipinski definition) is 4. The minimum atomic E-state index is -0.442. The lowest BCUT2D eigenvalue weighted by atomic mass is 10.1. The number of amides is 2. The molecule has 6 nitrogen and oxygen atoms in total. The zero-order valence-electron chi connectivity index (χ0n) is 14.0. The Morgan fingerprint density at radius 3 is 2.92 bits per heavy atom. The van der Waals surface area contributed by atoms with Crippen LogP contribution in [0.1, 0.15) is 29.3 Å². The molecule has 25 heavy (non-hydrogen) atoms. The highest BCUT2D eigenvalue weighted by molar-refractivity contribution is 5.92. The lowest BCUT2D eigenvalue weighted by molar-refractivity contribution is 0.0735. The molecular formula is C19H20N2O4. The molecule has 0 unspecified atom stereocenters. The Hall–Kier alpha value is -3.02. The molecule has 130 valence electrons. The first kappa shape index (κ1) is 16.8. The van der Waals surface area contributed by atoms with E-state index >= 15 is 0 Å².